The van der Waals surface area contributed by atoms with Crippen LogP contribution in [0.5, 0.6) is 0 Å². The molecule has 0 heterocycles. The number of hydrogen-bond donors (Lipinski definition) is 0. The van der Waals surface area contributed by atoms with Crippen molar-refractivity contribution in [3.05, 3.63) is 35.4 Å². The van der Waals surface area contributed by atoms with Crippen molar-refractivity contribution in [2.75, 3.05) is 7.11 Å². The smallest absolute Gasteiger partial charge is 0.308 e. The molecule has 0 aromatic heterocycles. The lowest BCUT2D eigenvalue weighted by atomic mass is 9.87. The summed E-state index contributed by atoms with van der Waals surface area (Å²) in [6, 6.07) is 8.59. The standard InChI is InChI=1S/C17H24O3/c1-3-13-4-6-14(7-5-13)12-20-16-10-8-15(9-11-16)17(18)19-2/h4-7,15-16H,3,8-12H2,1-2H3. The summed E-state index contributed by atoms with van der Waals surface area (Å²) in [6.07, 6.45) is 5.01. The fourth-order valence-electron chi connectivity index (χ4n) is 2.72. The summed E-state index contributed by atoms with van der Waals surface area (Å²) in [4.78, 5) is 11.5. The third-order valence-electron chi connectivity index (χ3n) is 4.13. The van der Waals surface area contributed by atoms with Gasteiger partial charge in [0, 0.05) is 0 Å². The van der Waals surface area contributed by atoms with Gasteiger partial charge >= 0.3 is 5.97 Å². The zero-order chi connectivity index (χ0) is 14.4. The van der Waals surface area contributed by atoms with Gasteiger partial charge in [0.25, 0.3) is 0 Å². The number of esters is 1. The minimum atomic E-state index is -0.0707. The van der Waals surface area contributed by atoms with E-state index >= 15 is 0 Å². The molecule has 1 saturated carbocycles. The zero-order valence-corrected chi connectivity index (χ0v) is 12.4. The third-order valence-corrected chi connectivity index (χ3v) is 4.13. The average molecular weight is 276 g/mol. The highest BCUT2D eigenvalue weighted by Gasteiger charge is 2.27. The van der Waals surface area contributed by atoms with Crippen LogP contribution in [0, 0.1) is 5.92 Å². The van der Waals surface area contributed by atoms with Crippen molar-refractivity contribution in [3.63, 3.8) is 0 Å². The largest absolute Gasteiger partial charge is 0.469 e. The van der Waals surface area contributed by atoms with E-state index in [1.54, 1.807) is 0 Å². The molecular weight excluding hydrogens is 252 g/mol. The van der Waals surface area contributed by atoms with E-state index in [1.807, 2.05) is 0 Å². The number of hydrogen-bond acceptors (Lipinski definition) is 3. The van der Waals surface area contributed by atoms with E-state index in [0.29, 0.717) is 6.61 Å². The number of carbonyl (C=O) groups is 1. The van der Waals surface area contributed by atoms with Gasteiger partial charge in [-0.15, -0.1) is 0 Å². The van der Waals surface area contributed by atoms with Crippen LogP contribution in [0.4, 0.5) is 0 Å². The van der Waals surface area contributed by atoms with E-state index in [1.165, 1.54) is 18.2 Å². The highest BCUT2D eigenvalue weighted by atomic mass is 16.5. The van der Waals surface area contributed by atoms with E-state index in [2.05, 4.69) is 31.2 Å². The molecule has 0 radical (unpaired) electrons. The van der Waals surface area contributed by atoms with Gasteiger partial charge in [-0.1, -0.05) is 31.2 Å². The Labute approximate surface area is 121 Å². The van der Waals surface area contributed by atoms with Crippen LogP contribution in [0.25, 0.3) is 0 Å². The maximum absolute atomic E-state index is 11.5. The lowest BCUT2D eigenvalue weighted by Crippen LogP contribution is -2.26. The van der Waals surface area contributed by atoms with Crippen LogP contribution in [-0.2, 0) is 27.3 Å². The lowest BCUT2D eigenvalue weighted by molar-refractivity contribution is -0.147. The van der Waals surface area contributed by atoms with Crippen molar-refractivity contribution in [3.8, 4) is 0 Å². The highest BCUT2D eigenvalue weighted by molar-refractivity contribution is 5.72. The Hall–Kier alpha value is -1.35. The Balaban J connectivity index is 1.74. The Morgan fingerprint density at radius 2 is 1.70 bits per heavy atom. The van der Waals surface area contributed by atoms with Gasteiger partial charge < -0.3 is 9.47 Å². The third kappa shape index (κ3) is 4.07. The molecule has 3 heteroatoms. The number of ether oxygens (including phenoxy) is 2. The molecule has 0 spiro atoms. The predicted octanol–water partition coefficient (Wildman–Crippen LogP) is 3.50. The maximum atomic E-state index is 11.5. The van der Waals surface area contributed by atoms with Gasteiger partial charge in [0.15, 0.2) is 0 Å². The number of benzene rings is 1. The first-order valence-corrected chi connectivity index (χ1v) is 7.50. The second-order valence-electron chi connectivity index (χ2n) is 5.48. The van der Waals surface area contributed by atoms with Gasteiger partial charge in [0.05, 0.1) is 25.7 Å². The van der Waals surface area contributed by atoms with Crippen LogP contribution in [0.1, 0.15) is 43.7 Å². The van der Waals surface area contributed by atoms with Crippen LogP contribution in [-0.4, -0.2) is 19.2 Å². The highest BCUT2D eigenvalue weighted by Crippen LogP contribution is 2.27. The van der Waals surface area contributed by atoms with E-state index in [4.69, 9.17) is 9.47 Å². The molecule has 1 aromatic rings. The lowest BCUT2D eigenvalue weighted by Gasteiger charge is -2.27. The normalized spacial score (nSPS) is 22.5. The summed E-state index contributed by atoms with van der Waals surface area (Å²) in [7, 11) is 1.46. The van der Waals surface area contributed by atoms with Crippen molar-refractivity contribution < 1.29 is 14.3 Å². The topological polar surface area (TPSA) is 35.5 Å². The Morgan fingerprint density at radius 1 is 1.10 bits per heavy atom. The maximum Gasteiger partial charge on any atom is 0.308 e. The van der Waals surface area contributed by atoms with Gasteiger partial charge in [-0.2, -0.15) is 0 Å². The van der Waals surface area contributed by atoms with Crippen molar-refractivity contribution in [2.24, 2.45) is 5.92 Å². The monoisotopic (exact) mass is 276 g/mol. The molecule has 0 N–H and O–H groups in total. The molecule has 0 bridgehead atoms. The molecule has 1 fully saturated rings. The minimum Gasteiger partial charge on any atom is -0.469 e. The molecule has 3 nitrogen and oxygen atoms in total. The van der Waals surface area contributed by atoms with Crippen molar-refractivity contribution in [1.82, 2.24) is 0 Å². The van der Waals surface area contributed by atoms with Crippen molar-refractivity contribution in [1.29, 1.82) is 0 Å². The first-order valence-electron chi connectivity index (χ1n) is 7.50. The van der Waals surface area contributed by atoms with Crippen molar-refractivity contribution in [2.45, 2.75) is 51.7 Å². The van der Waals surface area contributed by atoms with Gasteiger partial charge in [-0.25, -0.2) is 0 Å². The summed E-state index contributed by atoms with van der Waals surface area (Å²) in [6.45, 7) is 2.82. The molecule has 1 aromatic carbocycles. The number of methoxy groups -OCH3 is 1. The Bertz CT molecular complexity index is 416. The van der Waals surface area contributed by atoms with E-state index in [-0.39, 0.29) is 18.0 Å². The summed E-state index contributed by atoms with van der Waals surface area (Å²) in [5, 5.41) is 0. The predicted molar refractivity (Wildman–Crippen MR) is 78.4 cm³/mol. The fraction of sp³-hybridized carbons (Fsp3) is 0.588. The SMILES string of the molecule is CCc1ccc(COC2CCC(C(=O)OC)CC2)cc1. The molecule has 0 unspecified atom stereocenters. The van der Waals surface area contributed by atoms with Crippen LogP contribution in [0.3, 0.4) is 0 Å². The molecule has 0 atom stereocenters. The fourth-order valence-corrected chi connectivity index (χ4v) is 2.72. The van der Waals surface area contributed by atoms with Crippen LogP contribution in [0.15, 0.2) is 24.3 Å². The number of aryl methyl sites for hydroxylation is 1. The second-order valence-corrected chi connectivity index (χ2v) is 5.48. The van der Waals surface area contributed by atoms with Crippen molar-refractivity contribution >= 4 is 5.97 Å². The molecule has 0 saturated heterocycles. The Kier molecular flexibility index (Phi) is 5.60. The number of rotatable bonds is 5. The quantitative estimate of drug-likeness (QED) is 0.772. The second kappa shape index (κ2) is 7.44. The van der Waals surface area contributed by atoms with Gasteiger partial charge in [0.2, 0.25) is 0 Å². The van der Waals surface area contributed by atoms with E-state index < -0.39 is 0 Å². The van der Waals surface area contributed by atoms with E-state index in [0.717, 1.165) is 32.1 Å². The molecule has 110 valence electrons. The summed E-state index contributed by atoms with van der Waals surface area (Å²) < 4.78 is 10.7. The molecular formula is C17H24O3. The van der Waals surface area contributed by atoms with Gasteiger partial charge in [-0.05, 0) is 43.2 Å². The Morgan fingerprint density at radius 3 is 2.25 bits per heavy atom. The minimum absolute atomic E-state index is 0.0707. The summed E-state index contributed by atoms with van der Waals surface area (Å²) in [5.41, 5.74) is 2.57. The molecule has 1 aliphatic carbocycles. The molecule has 20 heavy (non-hydrogen) atoms. The molecule has 1 aliphatic rings. The number of carbonyl (C=O) groups excluding carboxylic acids is 1. The van der Waals surface area contributed by atoms with Crippen LogP contribution < -0.4 is 0 Å². The average Bonchev–Trinajstić information content (AvgIpc) is 2.53. The first-order chi connectivity index (χ1) is 9.72. The summed E-state index contributed by atoms with van der Waals surface area (Å²) >= 11 is 0. The van der Waals surface area contributed by atoms with Gasteiger partial charge in [-0.3, -0.25) is 4.79 Å². The molecule has 0 amide bonds. The zero-order valence-electron chi connectivity index (χ0n) is 12.4. The molecule has 0 aliphatic heterocycles. The summed E-state index contributed by atoms with van der Waals surface area (Å²) in [5.74, 6) is 0.00212. The van der Waals surface area contributed by atoms with Gasteiger partial charge in [0.1, 0.15) is 0 Å². The molecule has 2 rings (SSSR count). The van der Waals surface area contributed by atoms with E-state index in [9.17, 15) is 4.79 Å². The van der Waals surface area contributed by atoms with Crippen LogP contribution >= 0.6 is 0 Å². The first kappa shape index (κ1) is 15.0. The van der Waals surface area contributed by atoms with Crippen LogP contribution in [0.2, 0.25) is 0 Å².